The predicted molar refractivity (Wildman–Crippen MR) is 97.7 cm³/mol. The zero-order valence-electron chi connectivity index (χ0n) is 13.6. The number of hydrogen-bond donors (Lipinski definition) is 0. The Kier molecular flexibility index (Phi) is 8.24. The summed E-state index contributed by atoms with van der Waals surface area (Å²) in [5.74, 6) is 3.33. The van der Waals surface area contributed by atoms with E-state index in [1.165, 1.54) is 31.0 Å². The van der Waals surface area contributed by atoms with Gasteiger partial charge >= 0.3 is 0 Å². The highest BCUT2D eigenvalue weighted by Gasteiger charge is 2.30. The van der Waals surface area contributed by atoms with Crippen molar-refractivity contribution in [2.45, 2.75) is 89.3 Å². The maximum absolute atomic E-state index is 3.58. The van der Waals surface area contributed by atoms with Crippen LogP contribution in [0.5, 0.6) is 0 Å². The molecule has 2 fully saturated rings. The Balaban J connectivity index is 1.63. The van der Waals surface area contributed by atoms with Crippen LogP contribution in [0.15, 0.2) is 0 Å². The molecule has 0 aromatic rings. The van der Waals surface area contributed by atoms with Gasteiger partial charge in [-0.25, -0.2) is 0 Å². The van der Waals surface area contributed by atoms with Gasteiger partial charge in [-0.1, -0.05) is 79.5 Å². The minimum atomic E-state index is -0.270. The van der Waals surface area contributed by atoms with Crippen molar-refractivity contribution in [1.29, 1.82) is 0 Å². The predicted octanol–water partition coefficient (Wildman–Crippen LogP) is 6.41. The lowest BCUT2D eigenvalue weighted by Gasteiger charge is -2.37. The molecule has 0 nitrogen and oxygen atoms in total. The molecule has 0 aromatic carbocycles. The monoisotopic (exact) mass is 358 g/mol. The van der Waals surface area contributed by atoms with E-state index >= 15 is 0 Å². The molecule has 0 atom stereocenters. The van der Waals surface area contributed by atoms with E-state index in [9.17, 15) is 0 Å². The van der Waals surface area contributed by atoms with Crippen molar-refractivity contribution in [1.82, 2.24) is 0 Å². The molecule has 1 heterocycles. The second-order valence-corrected chi connectivity index (χ2v) is 11.8. The van der Waals surface area contributed by atoms with E-state index in [1.54, 1.807) is 56.7 Å². The van der Waals surface area contributed by atoms with Crippen LogP contribution in [0.2, 0.25) is 18.1 Å². The van der Waals surface area contributed by atoms with Gasteiger partial charge in [-0.3, -0.25) is 0 Å². The topological polar surface area (TPSA) is 0 Å². The Bertz CT molecular complexity index is 214. The highest BCUT2D eigenvalue weighted by atomic mass is 79.9. The first-order valence-corrected chi connectivity index (χ1v) is 13.0. The van der Waals surface area contributed by atoms with Gasteiger partial charge in [0.15, 0.2) is 0 Å². The molecule has 0 spiro atoms. The summed E-state index contributed by atoms with van der Waals surface area (Å²) >= 11 is 3.58. The largest absolute Gasteiger partial charge is 0.0928 e. The summed E-state index contributed by atoms with van der Waals surface area (Å²) in [5.41, 5.74) is 0. The average Bonchev–Trinajstić information content (AvgIpc) is 2.52. The molecule has 0 bridgehead atoms. The fourth-order valence-electron chi connectivity index (χ4n) is 4.76. The van der Waals surface area contributed by atoms with Crippen LogP contribution < -0.4 is 0 Å². The summed E-state index contributed by atoms with van der Waals surface area (Å²) in [6.45, 7) is 2.36. The Morgan fingerprint density at radius 3 is 2.15 bits per heavy atom. The van der Waals surface area contributed by atoms with Crippen LogP contribution in [0, 0.1) is 17.8 Å². The van der Waals surface area contributed by atoms with Gasteiger partial charge in [-0.2, -0.15) is 0 Å². The van der Waals surface area contributed by atoms with E-state index < -0.39 is 0 Å². The molecule has 0 unspecified atom stereocenters. The zero-order valence-corrected chi connectivity index (χ0v) is 16.3. The third-order valence-electron chi connectivity index (χ3n) is 6.16. The first-order chi connectivity index (χ1) is 9.83. The first-order valence-electron chi connectivity index (χ1n) is 9.39. The van der Waals surface area contributed by atoms with Crippen molar-refractivity contribution >= 4 is 24.7 Å². The maximum Gasteiger partial charge on any atom is 0.0368 e. The minimum absolute atomic E-state index is 0.270. The minimum Gasteiger partial charge on any atom is -0.0928 e. The molecule has 0 aromatic heterocycles. The van der Waals surface area contributed by atoms with E-state index in [-0.39, 0.29) is 8.80 Å². The van der Waals surface area contributed by atoms with Crippen LogP contribution in [0.25, 0.3) is 0 Å². The summed E-state index contributed by atoms with van der Waals surface area (Å²) in [7, 11) is -0.270. The van der Waals surface area contributed by atoms with Crippen molar-refractivity contribution < 1.29 is 0 Å². The van der Waals surface area contributed by atoms with Gasteiger partial charge in [0.05, 0.1) is 0 Å². The van der Waals surface area contributed by atoms with Gasteiger partial charge in [0, 0.05) is 14.1 Å². The van der Waals surface area contributed by atoms with Gasteiger partial charge in [0.1, 0.15) is 0 Å². The van der Waals surface area contributed by atoms with Crippen LogP contribution in [0.3, 0.4) is 0 Å². The normalized spacial score (nSPS) is 35.1. The van der Waals surface area contributed by atoms with Gasteiger partial charge in [0.2, 0.25) is 0 Å². The molecule has 118 valence electrons. The molecule has 20 heavy (non-hydrogen) atoms. The van der Waals surface area contributed by atoms with E-state index in [0.29, 0.717) is 0 Å². The Labute approximate surface area is 137 Å². The number of alkyl halides is 1. The molecule has 1 saturated carbocycles. The number of rotatable bonds is 7. The summed E-state index contributed by atoms with van der Waals surface area (Å²) in [5, 5.41) is 1.21. The fourth-order valence-corrected chi connectivity index (χ4v) is 8.73. The summed E-state index contributed by atoms with van der Waals surface area (Å²) < 4.78 is 0. The van der Waals surface area contributed by atoms with Crippen LogP contribution in [0.1, 0.15) is 71.1 Å². The smallest absolute Gasteiger partial charge is 0.0368 e. The van der Waals surface area contributed by atoms with Crippen LogP contribution >= 0.6 is 15.9 Å². The Morgan fingerprint density at radius 2 is 1.55 bits per heavy atom. The maximum atomic E-state index is 3.58. The molecule has 1 aliphatic carbocycles. The summed E-state index contributed by atoms with van der Waals surface area (Å²) in [4.78, 5) is 0. The van der Waals surface area contributed by atoms with Gasteiger partial charge < -0.3 is 0 Å². The summed E-state index contributed by atoms with van der Waals surface area (Å²) in [6.07, 6.45) is 15.3. The fraction of sp³-hybridized carbons (Fsp3) is 1.00. The first kappa shape index (κ1) is 17.1. The molecule has 0 radical (unpaired) electrons. The molecular formula is C18H35BrSi. The zero-order chi connectivity index (χ0) is 14.2. The molecular weight excluding hydrogens is 324 g/mol. The highest BCUT2D eigenvalue weighted by Crippen LogP contribution is 2.41. The van der Waals surface area contributed by atoms with Gasteiger partial charge in [-0.05, 0) is 43.4 Å². The quantitative estimate of drug-likeness (QED) is 0.364. The molecule has 0 amide bonds. The van der Waals surface area contributed by atoms with Crippen LogP contribution in [-0.2, 0) is 0 Å². The van der Waals surface area contributed by atoms with Gasteiger partial charge in [-0.15, -0.1) is 0 Å². The van der Waals surface area contributed by atoms with Crippen LogP contribution in [-0.4, -0.2) is 14.1 Å². The lowest BCUT2D eigenvalue weighted by Crippen LogP contribution is -2.28. The standard InChI is InChI=1S/C18H35BrSi/c1-2-3-13-20-14-10-18(11-15-20)17-8-6-16(7-9-17)5-4-12-19/h16-18,20H,2-15H2,1H3/t16-,17-,18?,20?. The lowest BCUT2D eigenvalue weighted by atomic mass is 9.73. The molecule has 1 saturated heterocycles. The van der Waals surface area contributed by atoms with Gasteiger partial charge in [0.25, 0.3) is 0 Å². The van der Waals surface area contributed by atoms with E-state index in [2.05, 4.69) is 22.9 Å². The Hall–Kier alpha value is 0.697. The lowest BCUT2D eigenvalue weighted by molar-refractivity contribution is 0.186. The van der Waals surface area contributed by atoms with E-state index in [4.69, 9.17) is 0 Å². The van der Waals surface area contributed by atoms with E-state index in [0.717, 1.165) is 17.8 Å². The van der Waals surface area contributed by atoms with Crippen LogP contribution in [0.4, 0.5) is 0 Å². The van der Waals surface area contributed by atoms with Crippen molar-refractivity contribution in [3.63, 3.8) is 0 Å². The highest BCUT2D eigenvalue weighted by molar-refractivity contribution is 9.09. The van der Waals surface area contributed by atoms with Crippen molar-refractivity contribution in [2.75, 3.05) is 5.33 Å². The second kappa shape index (κ2) is 9.66. The molecule has 1 aliphatic heterocycles. The third-order valence-corrected chi connectivity index (χ3v) is 10.2. The third kappa shape index (κ3) is 5.48. The SMILES string of the molecule is CCCC[SiH]1CCC([C@H]2CC[C@H](CCCBr)CC2)CC1. The van der Waals surface area contributed by atoms with E-state index in [1.807, 2.05) is 0 Å². The molecule has 2 heteroatoms. The van der Waals surface area contributed by atoms with Crippen molar-refractivity contribution in [3.8, 4) is 0 Å². The Morgan fingerprint density at radius 1 is 0.900 bits per heavy atom. The second-order valence-electron chi connectivity index (χ2n) is 7.54. The molecule has 0 N–H and O–H groups in total. The van der Waals surface area contributed by atoms with Crippen molar-refractivity contribution in [3.05, 3.63) is 0 Å². The number of halogens is 1. The number of hydrogen-bond acceptors (Lipinski definition) is 0. The molecule has 2 rings (SSSR count). The number of unbranched alkanes of at least 4 members (excludes halogenated alkanes) is 1. The average molecular weight is 359 g/mol. The van der Waals surface area contributed by atoms with Crippen molar-refractivity contribution in [2.24, 2.45) is 17.8 Å². The summed E-state index contributed by atoms with van der Waals surface area (Å²) in [6, 6.07) is 5.03. The molecule has 2 aliphatic rings.